The lowest BCUT2D eigenvalue weighted by atomic mass is 9.78. The van der Waals surface area contributed by atoms with Crippen LogP contribution in [0, 0.1) is 42.4 Å². The predicted molar refractivity (Wildman–Crippen MR) is 318 cm³/mol. The average molecular weight is 1190 g/mol. The summed E-state index contributed by atoms with van der Waals surface area (Å²) in [6, 6.07) is -1.13. The van der Waals surface area contributed by atoms with Crippen molar-refractivity contribution in [1.29, 1.82) is 0 Å². The SMILES string of the molecule is CO[C@H]1C[C@@H]2CC[C@@H](C)[C@@](O)(O2)C(=O)C(=O)N2CCCC[C@H]2C(=O)O[C@H]([C@H](C)C[C@@H]2CC[C@@H](OC(=O)CCCOCCC(=O)NCc3cnc(C)nc3)[C@H](OC)C2)C[C@@H](OC)[C@H](C)/C=C(\C)[C@@H](O)[C@@H](OC)C(=O)[C@H](C)C[C@H](C)/C=C/C=C/C=C/1C. The van der Waals surface area contributed by atoms with Gasteiger partial charge in [0.15, 0.2) is 5.78 Å². The Morgan fingerprint density at radius 2 is 1.54 bits per heavy atom. The number of piperidine rings is 1. The molecule has 3 aliphatic heterocycles. The molecule has 20 heteroatoms. The molecule has 2 saturated heterocycles. The van der Waals surface area contributed by atoms with E-state index in [0.717, 1.165) is 11.1 Å². The van der Waals surface area contributed by atoms with Crippen LogP contribution in [0.15, 0.2) is 60.0 Å². The van der Waals surface area contributed by atoms with Crippen LogP contribution in [0.4, 0.5) is 0 Å². The fourth-order valence-corrected chi connectivity index (χ4v) is 12.3. The van der Waals surface area contributed by atoms with Crippen LogP contribution in [0.2, 0.25) is 0 Å². The molecule has 16 atom stereocenters. The molecule has 4 aliphatic rings. The van der Waals surface area contributed by atoms with Crippen molar-refractivity contribution in [1.82, 2.24) is 20.2 Å². The first kappa shape index (κ1) is 70.7. The zero-order valence-corrected chi connectivity index (χ0v) is 52.7. The highest BCUT2D eigenvalue weighted by molar-refractivity contribution is 6.39. The Balaban J connectivity index is 1.32. The molecule has 5 rings (SSSR count). The number of aryl methyl sites for hydroxylation is 1. The molecule has 0 radical (unpaired) electrons. The number of esters is 2. The molecule has 1 aliphatic carbocycles. The monoisotopic (exact) mass is 1190 g/mol. The number of fused-ring (bicyclic) bond motifs is 3. The molecule has 0 unspecified atom stereocenters. The summed E-state index contributed by atoms with van der Waals surface area (Å²) in [5.74, 6) is -7.09. The van der Waals surface area contributed by atoms with Gasteiger partial charge in [0.1, 0.15) is 36.3 Å². The van der Waals surface area contributed by atoms with E-state index < -0.39 is 90.2 Å². The van der Waals surface area contributed by atoms with Crippen molar-refractivity contribution in [3.05, 3.63) is 71.4 Å². The summed E-state index contributed by atoms with van der Waals surface area (Å²) in [6.07, 6.45) is 15.6. The number of hydrogen-bond donors (Lipinski definition) is 3. The van der Waals surface area contributed by atoms with Crippen molar-refractivity contribution in [2.75, 3.05) is 48.2 Å². The van der Waals surface area contributed by atoms with Crippen LogP contribution in [-0.4, -0.2) is 169 Å². The van der Waals surface area contributed by atoms with E-state index in [9.17, 15) is 39.0 Å². The van der Waals surface area contributed by atoms with Crippen LogP contribution in [0.1, 0.15) is 156 Å². The largest absolute Gasteiger partial charge is 0.460 e. The number of carbonyl (C=O) groups excluding carboxylic acids is 6. The molecule has 1 aromatic heterocycles. The van der Waals surface area contributed by atoms with E-state index in [4.69, 9.17) is 37.9 Å². The zero-order chi connectivity index (χ0) is 62.4. The number of ether oxygens (including phenoxy) is 8. The number of methoxy groups -OCH3 is 4. The molecule has 3 fully saturated rings. The maximum absolute atomic E-state index is 14.8. The smallest absolute Gasteiger partial charge is 0.329 e. The van der Waals surface area contributed by atoms with E-state index in [0.29, 0.717) is 88.6 Å². The summed E-state index contributed by atoms with van der Waals surface area (Å²) >= 11 is 0. The highest BCUT2D eigenvalue weighted by Gasteiger charge is 2.53. The average Bonchev–Trinajstić information content (AvgIpc) is 3.61. The minimum atomic E-state index is -2.44. The number of cyclic esters (lactones) is 1. The van der Waals surface area contributed by atoms with Crippen LogP contribution >= 0.6 is 0 Å². The number of hydrogen-bond acceptors (Lipinski definition) is 18. The Morgan fingerprint density at radius 3 is 2.24 bits per heavy atom. The van der Waals surface area contributed by atoms with Crippen molar-refractivity contribution in [3.63, 3.8) is 0 Å². The maximum Gasteiger partial charge on any atom is 0.329 e. The second kappa shape index (κ2) is 35.1. The number of rotatable bonds is 17. The molecular weight excluding hydrogens is 1090 g/mol. The van der Waals surface area contributed by atoms with Crippen LogP contribution in [0.25, 0.3) is 0 Å². The second-order valence-electron chi connectivity index (χ2n) is 24.3. The Hall–Kier alpha value is -5.06. The number of amides is 2. The number of aliphatic hydroxyl groups excluding tert-OH is 1. The van der Waals surface area contributed by atoms with Crippen LogP contribution in [-0.2, 0) is 73.2 Å². The van der Waals surface area contributed by atoms with Gasteiger partial charge in [0.25, 0.3) is 11.7 Å². The minimum Gasteiger partial charge on any atom is -0.460 e. The number of nitrogens with zero attached hydrogens (tertiary/aromatic N) is 3. The molecule has 2 amide bonds. The minimum absolute atomic E-state index is 0.0196. The topological polar surface area (TPSA) is 258 Å². The molecule has 0 spiro atoms. The number of aromatic nitrogens is 2. The number of Topliss-reactive ketones (excluding diaryl/α,β-unsaturated/α-hetero) is 2. The highest BCUT2D eigenvalue weighted by Crippen LogP contribution is 2.39. The van der Waals surface area contributed by atoms with Crippen molar-refractivity contribution in [2.45, 2.75) is 219 Å². The number of aliphatic hydroxyl groups is 2. The van der Waals surface area contributed by atoms with Gasteiger partial charge >= 0.3 is 11.9 Å². The van der Waals surface area contributed by atoms with Crippen molar-refractivity contribution >= 4 is 35.3 Å². The maximum atomic E-state index is 14.8. The van der Waals surface area contributed by atoms with Crippen molar-refractivity contribution < 1.29 is 76.9 Å². The Bertz CT molecular complexity index is 2450. The van der Waals surface area contributed by atoms with Gasteiger partial charge < -0.3 is 58.3 Å². The molecule has 0 aromatic carbocycles. The van der Waals surface area contributed by atoms with E-state index in [2.05, 4.69) is 15.3 Å². The van der Waals surface area contributed by atoms with E-state index in [1.807, 2.05) is 71.1 Å². The van der Waals surface area contributed by atoms with Gasteiger partial charge in [-0.05, 0) is 120 Å². The molecule has 4 heterocycles. The van der Waals surface area contributed by atoms with Gasteiger partial charge in [-0.1, -0.05) is 71.1 Å². The molecule has 1 aromatic rings. The molecule has 85 heavy (non-hydrogen) atoms. The molecular formula is C65H100N4O16. The normalized spacial score (nSPS) is 34.4. The first-order valence-corrected chi connectivity index (χ1v) is 30.8. The summed E-state index contributed by atoms with van der Waals surface area (Å²) in [4.78, 5) is 92.6. The summed E-state index contributed by atoms with van der Waals surface area (Å²) in [7, 11) is 6.16. The molecule has 20 nitrogen and oxygen atoms in total. The van der Waals surface area contributed by atoms with Crippen LogP contribution in [0.3, 0.4) is 0 Å². The first-order chi connectivity index (χ1) is 40.5. The van der Waals surface area contributed by atoms with E-state index in [1.165, 1.54) is 12.0 Å². The van der Waals surface area contributed by atoms with Crippen LogP contribution < -0.4 is 5.32 Å². The quantitative estimate of drug-likeness (QED) is 0.0582. The number of nitrogens with one attached hydrogen (secondary N) is 1. The van der Waals surface area contributed by atoms with Gasteiger partial charge in [0, 0.05) is 110 Å². The number of allylic oxidation sites excluding steroid dienone is 5. The summed E-state index contributed by atoms with van der Waals surface area (Å²) < 4.78 is 48.1. The molecule has 3 N–H and O–H groups in total. The van der Waals surface area contributed by atoms with Gasteiger partial charge in [-0.2, -0.15) is 0 Å². The number of carbonyl (C=O) groups is 6. The van der Waals surface area contributed by atoms with E-state index >= 15 is 0 Å². The fraction of sp³-hybridized carbons (Fsp3) is 0.723. The van der Waals surface area contributed by atoms with Crippen molar-refractivity contribution in [3.8, 4) is 0 Å². The van der Waals surface area contributed by atoms with E-state index in [1.54, 1.807) is 54.5 Å². The van der Waals surface area contributed by atoms with Crippen molar-refractivity contribution in [2.24, 2.45) is 35.5 Å². The third kappa shape index (κ3) is 21.1. The van der Waals surface area contributed by atoms with Gasteiger partial charge in [-0.3, -0.25) is 24.0 Å². The van der Waals surface area contributed by atoms with Gasteiger partial charge in [0.05, 0.1) is 31.0 Å². The summed E-state index contributed by atoms with van der Waals surface area (Å²) in [6.45, 7) is 15.8. The molecule has 476 valence electrons. The predicted octanol–water partition coefficient (Wildman–Crippen LogP) is 7.78. The van der Waals surface area contributed by atoms with Gasteiger partial charge in [0.2, 0.25) is 11.7 Å². The molecule has 1 saturated carbocycles. The van der Waals surface area contributed by atoms with Gasteiger partial charge in [-0.25, -0.2) is 14.8 Å². The standard InChI is InChI=1S/C65H100N4O16/c1-40-19-14-13-15-20-41(2)53(78-9)35-50-25-23-46(7)65(77,85-50)62(74)63(75)69-28-17-16-21-51(69)64(76)84-55(36-54(79-10)42(3)32-45(6)60(73)61(81-12)59(72)44(5)31-40)43(4)33-48-24-26-52(56(34-48)80-11)83-58(71)22-18-29-82-30-27-57(70)68-39-49-37-66-47(8)67-38-49/h13-15,19-20,32,37-38,40,42-44,46,48,50-56,60-61,73,77H,16-18,21-31,33-36,39H2,1-12H3,(H,68,70)/b15-13+,19-14+,41-20+,45-32+/t40-,42-,43-,44-,46-,48+,50+,51+,52-,53+,54-,55+,56-,60-,61+,65-/m1/s1. The van der Waals surface area contributed by atoms with Gasteiger partial charge in [-0.15, -0.1) is 0 Å². The zero-order valence-electron chi connectivity index (χ0n) is 52.7. The number of ketones is 2. The van der Waals surface area contributed by atoms with E-state index in [-0.39, 0.29) is 86.8 Å². The first-order valence-electron chi connectivity index (χ1n) is 30.8. The summed E-state index contributed by atoms with van der Waals surface area (Å²) in [5.41, 5.74) is 2.18. The Morgan fingerprint density at radius 1 is 0.812 bits per heavy atom. The third-order valence-corrected chi connectivity index (χ3v) is 17.7. The lowest BCUT2D eigenvalue weighted by Crippen LogP contribution is -2.61. The van der Waals surface area contributed by atoms with Crippen LogP contribution in [0.5, 0.6) is 0 Å². The lowest BCUT2D eigenvalue weighted by molar-refractivity contribution is -0.265. The fourth-order valence-electron chi connectivity index (χ4n) is 12.3. The highest BCUT2D eigenvalue weighted by atomic mass is 16.6. The second-order valence-corrected chi connectivity index (χ2v) is 24.3. The Labute approximate surface area is 504 Å². The third-order valence-electron chi connectivity index (χ3n) is 17.7. The Kier molecular flexibility index (Phi) is 29.2. The molecule has 2 bridgehead atoms. The lowest BCUT2D eigenvalue weighted by Gasteiger charge is -2.43. The summed E-state index contributed by atoms with van der Waals surface area (Å²) in [5, 5.41) is 26.7.